The lowest BCUT2D eigenvalue weighted by molar-refractivity contribution is 0.0650. The third-order valence-corrected chi connectivity index (χ3v) is 3.54. The Balaban J connectivity index is 2.91. The molecule has 1 aromatic rings. The molecule has 0 aliphatic rings. The van der Waals surface area contributed by atoms with Crippen LogP contribution in [-0.4, -0.2) is 19.8 Å². The second-order valence-corrected chi connectivity index (χ2v) is 5.11. The molecular weight excluding hydrogens is 234 g/mol. The van der Waals surface area contributed by atoms with Crippen molar-refractivity contribution in [1.29, 1.82) is 0 Å². The summed E-state index contributed by atoms with van der Waals surface area (Å²) in [5.74, 6) is 0. The molecule has 0 amide bonds. The van der Waals surface area contributed by atoms with Gasteiger partial charge >= 0.3 is 0 Å². The van der Waals surface area contributed by atoms with Crippen LogP contribution in [-0.2, 0) is 11.2 Å². The summed E-state index contributed by atoms with van der Waals surface area (Å²) >= 11 is 0. The van der Waals surface area contributed by atoms with E-state index < -0.39 is 0 Å². The molecule has 2 atom stereocenters. The highest BCUT2D eigenvalue weighted by atomic mass is 16.5. The van der Waals surface area contributed by atoms with Crippen LogP contribution < -0.4 is 5.32 Å². The maximum Gasteiger partial charge on any atom is 0.0763 e. The first-order valence-electron chi connectivity index (χ1n) is 7.61. The van der Waals surface area contributed by atoms with E-state index in [0.29, 0.717) is 6.04 Å². The molecular formula is C17H29NO. The molecule has 1 aromatic carbocycles. The number of methoxy groups -OCH3 is 1. The van der Waals surface area contributed by atoms with Gasteiger partial charge in [0.05, 0.1) is 12.1 Å². The van der Waals surface area contributed by atoms with E-state index in [4.69, 9.17) is 4.74 Å². The molecule has 0 aliphatic heterocycles. The zero-order chi connectivity index (χ0) is 14.1. The highest BCUT2D eigenvalue weighted by Gasteiger charge is 2.20. The molecule has 108 valence electrons. The fraction of sp³-hybridized carbons (Fsp3) is 0.647. The summed E-state index contributed by atoms with van der Waals surface area (Å²) in [5.41, 5.74) is 2.78. The third kappa shape index (κ3) is 4.96. The minimum atomic E-state index is 0.239. The first kappa shape index (κ1) is 16.2. The summed E-state index contributed by atoms with van der Waals surface area (Å²) in [6, 6.07) is 9.24. The van der Waals surface area contributed by atoms with Gasteiger partial charge in [-0.2, -0.15) is 0 Å². The van der Waals surface area contributed by atoms with Gasteiger partial charge in [-0.1, -0.05) is 51.5 Å². The van der Waals surface area contributed by atoms with Gasteiger partial charge < -0.3 is 10.1 Å². The van der Waals surface area contributed by atoms with Crippen molar-refractivity contribution in [2.45, 2.75) is 58.6 Å². The van der Waals surface area contributed by atoms with Gasteiger partial charge in [-0.3, -0.25) is 0 Å². The quantitative estimate of drug-likeness (QED) is 0.724. The van der Waals surface area contributed by atoms with Crippen molar-refractivity contribution >= 4 is 0 Å². The van der Waals surface area contributed by atoms with Gasteiger partial charge in [-0.05, 0) is 36.9 Å². The number of aryl methyl sites for hydroxylation is 1. The number of ether oxygens (including phenoxy) is 1. The van der Waals surface area contributed by atoms with Crippen LogP contribution in [0.4, 0.5) is 0 Å². The summed E-state index contributed by atoms with van der Waals surface area (Å²) in [6.45, 7) is 7.64. The summed E-state index contributed by atoms with van der Waals surface area (Å²) in [5, 5.41) is 3.63. The van der Waals surface area contributed by atoms with E-state index in [1.807, 2.05) is 7.11 Å². The third-order valence-electron chi connectivity index (χ3n) is 3.54. The Morgan fingerprint density at radius 2 is 1.95 bits per heavy atom. The van der Waals surface area contributed by atoms with Crippen LogP contribution in [0.2, 0.25) is 0 Å². The fourth-order valence-electron chi connectivity index (χ4n) is 2.53. The maximum atomic E-state index is 5.65. The SMILES string of the molecule is CCCNC(c1cccc(CCC)c1)C(CC)OC. The van der Waals surface area contributed by atoms with E-state index in [9.17, 15) is 0 Å². The van der Waals surface area contributed by atoms with Gasteiger partial charge in [0, 0.05) is 7.11 Å². The molecule has 0 heterocycles. The van der Waals surface area contributed by atoms with Crippen LogP contribution in [0.1, 0.15) is 57.2 Å². The number of rotatable bonds is 9. The van der Waals surface area contributed by atoms with E-state index in [-0.39, 0.29) is 6.10 Å². The van der Waals surface area contributed by atoms with Crippen LogP contribution in [0.3, 0.4) is 0 Å². The van der Waals surface area contributed by atoms with E-state index in [0.717, 1.165) is 25.8 Å². The monoisotopic (exact) mass is 263 g/mol. The van der Waals surface area contributed by atoms with Crippen molar-refractivity contribution in [3.05, 3.63) is 35.4 Å². The highest BCUT2D eigenvalue weighted by molar-refractivity contribution is 5.27. The molecule has 1 N–H and O–H groups in total. The lowest BCUT2D eigenvalue weighted by Gasteiger charge is -2.27. The molecule has 0 saturated heterocycles. The summed E-state index contributed by atoms with van der Waals surface area (Å²) in [7, 11) is 1.81. The van der Waals surface area contributed by atoms with Gasteiger partial charge in [-0.15, -0.1) is 0 Å². The van der Waals surface area contributed by atoms with Crippen LogP contribution in [0.15, 0.2) is 24.3 Å². The first-order chi connectivity index (χ1) is 9.26. The Bertz CT molecular complexity index is 347. The molecule has 0 saturated carbocycles. The first-order valence-corrected chi connectivity index (χ1v) is 7.61. The van der Waals surface area contributed by atoms with Gasteiger partial charge in [0.15, 0.2) is 0 Å². The van der Waals surface area contributed by atoms with E-state index in [2.05, 4.69) is 50.4 Å². The minimum Gasteiger partial charge on any atom is -0.379 e. The zero-order valence-corrected chi connectivity index (χ0v) is 12.9. The molecule has 0 bridgehead atoms. The van der Waals surface area contributed by atoms with E-state index >= 15 is 0 Å². The Labute approximate surface area is 118 Å². The average Bonchev–Trinajstić information content (AvgIpc) is 2.44. The second kappa shape index (κ2) is 9.11. The van der Waals surface area contributed by atoms with Crippen LogP contribution in [0.25, 0.3) is 0 Å². The van der Waals surface area contributed by atoms with Crippen molar-refractivity contribution < 1.29 is 4.74 Å². The topological polar surface area (TPSA) is 21.3 Å². The largest absolute Gasteiger partial charge is 0.379 e. The van der Waals surface area contributed by atoms with Crippen LogP contribution >= 0.6 is 0 Å². The number of hydrogen-bond acceptors (Lipinski definition) is 2. The molecule has 2 unspecified atom stereocenters. The highest BCUT2D eigenvalue weighted by Crippen LogP contribution is 2.22. The smallest absolute Gasteiger partial charge is 0.0763 e. The standard InChI is InChI=1S/C17H29NO/c1-5-9-14-10-8-11-15(13-14)17(18-12-6-2)16(7-3)19-4/h8,10-11,13,16-18H,5-7,9,12H2,1-4H3. The number of hydrogen-bond donors (Lipinski definition) is 1. The minimum absolute atomic E-state index is 0.239. The van der Waals surface area contributed by atoms with Gasteiger partial charge in [0.1, 0.15) is 0 Å². The van der Waals surface area contributed by atoms with Crippen molar-refractivity contribution in [2.75, 3.05) is 13.7 Å². The Kier molecular flexibility index (Phi) is 7.76. The lowest BCUT2D eigenvalue weighted by Crippen LogP contribution is -2.33. The predicted octanol–water partition coefficient (Wildman–Crippen LogP) is 4.10. The van der Waals surface area contributed by atoms with Crippen LogP contribution in [0.5, 0.6) is 0 Å². The molecule has 2 nitrogen and oxygen atoms in total. The van der Waals surface area contributed by atoms with Gasteiger partial charge in [0.2, 0.25) is 0 Å². The molecule has 2 heteroatoms. The Morgan fingerprint density at radius 3 is 2.53 bits per heavy atom. The summed E-state index contributed by atoms with van der Waals surface area (Å²) in [4.78, 5) is 0. The average molecular weight is 263 g/mol. The molecule has 0 aromatic heterocycles. The lowest BCUT2D eigenvalue weighted by atomic mass is 9.96. The normalized spacial score (nSPS) is 14.3. The van der Waals surface area contributed by atoms with Crippen molar-refractivity contribution in [1.82, 2.24) is 5.32 Å². The number of benzene rings is 1. The molecule has 0 fully saturated rings. The van der Waals surface area contributed by atoms with E-state index in [1.54, 1.807) is 0 Å². The van der Waals surface area contributed by atoms with Gasteiger partial charge in [-0.25, -0.2) is 0 Å². The summed E-state index contributed by atoms with van der Waals surface area (Å²) in [6.07, 6.45) is 4.75. The maximum absolute atomic E-state index is 5.65. The molecule has 19 heavy (non-hydrogen) atoms. The molecule has 0 aliphatic carbocycles. The Hall–Kier alpha value is -0.860. The Morgan fingerprint density at radius 1 is 1.16 bits per heavy atom. The summed E-state index contributed by atoms with van der Waals surface area (Å²) < 4.78 is 5.65. The fourth-order valence-corrected chi connectivity index (χ4v) is 2.53. The van der Waals surface area contributed by atoms with Crippen molar-refractivity contribution in [2.24, 2.45) is 0 Å². The zero-order valence-electron chi connectivity index (χ0n) is 12.9. The number of nitrogens with one attached hydrogen (secondary N) is 1. The van der Waals surface area contributed by atoms with Crippen molar-refractivity contribution in [3.63, 3.8) is 0 Å². The van der Waals surface area contributed by atoms with E-state index in [1.165, 1.54) is 17.5 Å². The van der Waals surface area contributed by atoms with Crippen LogP contribution in [0, 0.1) is 0 Å². The molecule has 1 rings (SSSR count). The molecule has 0 radical (unpaired) electrons. The second-order valence-electron chi connectivity index (χ2n) is 5.11. The molecule has 0 spiro atoms. The van der Waals surface area contributed by atoms with Crippen molar-refractivity contribution in [3.8, 4) is 0 Å². The predicted molar refractivity (Wildman–Crippen MR) is 82.6 cm³/mol. The van der Waals surface area contributed by atoms with Gasteiger partial charge in [0.25, 0.3) is 0 Å².